The highest BCUT2D eigenvalue weighted by molar-refractivity contribution is 7.80. The summed E-state index contributed by atoms with van der Waals surface area (Å²) in [4.78, 5) is 0. The summed E-state index contributed by atoms with van der Waals surface area (Å²) in [6.45, 7) is 0. The highest BCUT2D eigenvalue weighted by atomic mass is 35.5. The van der Waals surface area contributed by atoms with E-state index in [4.69, 9.17) is 28.6 Å². The van der Waals surface area contributed by atoms with Gasteiger partial charge in [-0.3, -0.25) is 5.43 Å². The summed E-state index contributed by atoms with van der Waals surface area (Å²) in [7, 11) is 1.55. The molecule has 0 unspecified atom stereocenters. The normalized spacial score (nSPS) is 10.5. The molecule has 0 aliphatic rings. The molecule has 5 nitrogen and oxygen atoms in total. The standard InChI is InChI=1S/C15H14ClN3O2S/c1-21-13-5-6-14(20)10(7-13)9-17-19-15(22)18-12-4-2-3-11(16)8-12/h2-9,20H,1H3,(H2,18,19,22)/b17-9+. The molecule has 22 heavy (non-hydrogen) atoms. The zero-order chi connectivity index (χ0) is 15.9. The molecule has 2 aromatic rings. The van der Waals surface area contributed by atoms with E-state index < -0.39 is 0 Å². The van der Waals surface area contributed by atoms with Crippen molar-refractivity contribution >= 4 is 40.8 Å². The van der Waals surface area contributed by atoms with Crippen LogP contribution in [0.5, 0.6) is 11.5 Å². The fourth-order valence-electron chi connectivity index (χ4n) is 1.65. The van der Waals surface area contributed by atoms with Gasteiger partial charge in [-0.2, -0.15) is 5.10 Å². The summed E-state index contributed by atoms with van der Waals surface area (Å²) in [5.41, 5.74) is 3.92. The maximum Gasteiger partial charge on any atom is 0.191 e. The van der Waals surface area contributed by atoms with Crippen molar-refractivity contribution in [2.75, 3.05) is 12.4 Å². The maximum atomic E-state index is 9.72. The van der Waals surface area contributed by atoms with Gasteiger partial charge in [0.15, 0.2) is 5.11 Å². The van der Waals surface area contributed by atoms with Crippen LogP contribution in [0.4, 0.5) is 5.69 Å². The molecular weight excluding hydrogens is 322 g/mol. The molecule has 0 saturated heterocycles. The summed E-state index contributed by atoms with van der Waals surface area (Å²) in [5, 5.41) is 17.5. The van der Waals surface area contributed by atoms with Gasteiger partial charge in [-0.05, 0) is 48.6 Å². The number of hydrogen-bond acceptors (Lipinski definition) is 4. The molecule has 0 heterocycles. The molecule has 0 atom stereocenters. The Bertz CT molecular complexity index is 707. The van der Waals surface area contributed by atoms with Crippen LogP contribution in [0.25, 0.3) is 0 Å². The van der Waals surface area contributed by atoms with Crippen LogP contribution in [0.3, 0.4) is 0 Å². The van der Waals surface area contributed by atoms with Crippen LogP contribution in [0.15, 0.2) is 47.6 Å². The number of halogens is 1. The zero-order valence-corrected chi connectivity index (χ0v) is 13.3. The van der Waals surface area contributed by atoms with E-state index in [0.717, 1.165) is 5.69 Å². The minimum Gasteiger partial charge on any atom is -0.507 e. The van der Waals surface area contributed by atoms with E-state index >= 15 is 0 Å². The lowest BCUT2D eigenvalue weighted by Crippen LogP contribution is -2.23. The van der Waals surface area contributed by atoms with Gasteiger partial charge in [-0.15, -0.1) is 0 Å². The SMILES string of the molecule is COc1ccc(O)c(/C=N/NC(=S)Nc2cccc(Cl)c2)c1. The summed E-state index contributed by atoms with van der Waals surface area (Å²) in [6.07, 6.45) is 1.45. The van der Waals surface area contributed by atoms with Gasteiger partial charge in [0, 0.05) is 16.3 Å². The lowest BCUT2D eigenvalue weighted by atomic mass is 10.2. The summed E-state index contributed by atoms with van der Waals surface area (Å²) >= 11 is 11.0. The molecule has 2 rings (SSSR count). The van der Waals surface area contributed by atoms with Gasteiger partial charge in [-0.1, -0.05) is 17.7 Å². The molecule has 0 saturated carbocycles. The Hall–Kier alpha value is -2.31. The summed E-state index contributed by atoms with van der Waals surface area (Å²) < 4.78 is 5.08. The number of thiocarbonyl (C=S) groups is 1. The molecular formula is C15H14ClN3O2S. The quantitative estimate of drug-likeness (QED) is 0.454. The second kappa shape index (κ2) is 7.63. The number of methoxy groups -OCH3 is 1. The topological polar surface area (TPSA) is 65.9 Å². The first kappa shape index (κ1) is 16.1. The molecule has 0 aliphatic heterocycles. The van der Waals surface area contributed by atoms with Crippen LogP contribution in [0.1, 0.15) is 5.56 Å². The van der Waals surface area contributed by atoms with Gasteiger partial charge in [-0.25, -0.2) is 0 Å². The largest absolute Gasteiger partial charge is 0.507 e. The number of aromatic hydroxyl groups is 1. The molecule has 0 fully saturated rings. The van der Waals surface area contributed by atoms with Crippen molar-refractivity contribution in [2.45, 2.75) is 0 Å². The predicted octanol–water partition coefficient (Wildman–Crippen LogP) is 3.37. The second-order valence-corrected chi connectivity index (χ2v) is 5.10. The highest BCUT2D eigenvalue weighted by Crippen LogP contribution is 2.21. The van der Waals surface area contributed by atoms with E-state index in [1.807, 2.05) is 12.1 Å². The smallest absolute Gasteiger partial charge is 0.191 e. The fourth-order valence-corrected chi connectivity index (χ4v) is 2.01. The summed E-state index contributed by atoms with van der Waals surface area (Å²) in [6, 6.07) is 12.0. The zero-order valence-electron chi connectivity index (χ0n) is 11.7. The van der Waals surface area contributed by atoms with Gasteiger partial charge in [0.25, 0.3) is 0 Å². The first-order chi connectivity index (χ1) is 10.6. The lowest BCUT2D eigenvalue weighted by Gasteiger charge is -2.07. The van der Waals surface area contributed by atoms with Gasteiger partial charge in [0.1, 0.15) is 11.5 Å². The number of anilines is 1. The first-order valence-corrected chi connectivity index (χ1v) is 7.10. The Morgan fingerprint density at radius 1 is 1.32 bits per heavy atom. The van der Waals surface area contributed by atoms with E-state index in [0.29, 0.717) is 21.4 Å². The first-order valence-electron chi connectivity index (χ1n) is 6.31. The number of hydrogen-bond donors (Lipinski definition) is 3. The van der Waals surface area contributed by atoms with Gasteiger partial charge in [0.05, 0.1) is 13.3 Å². The minimum atomic E-state index is 0.0973. The van der Waals surface area contributed by atoms with Crippen LogP contribution in [0.2, 0.25) is 5.02 Å². The van der Waals surface area contributed by atoms with Crippen LogP contribution >= 0.6 is 23.8 Å². The van der Waals surface area contributed by atoms with E-state index in [1.165, 1.54) is 12.3 Å². The lowest BCUT2D eigenvalue weighted by molar-refractivity contribution is 0.412. The molecule has 0 aromatic heterocycles. The fraction of sp³-hybridized carbons (Fsp3) is 0.0667. The number of rotatable bonds is 4. The van der Waals surface area contributed by atoms with E-state index in [1.54, 1.807) is 31.4 Å². The van der Waals surface area contributed by atoms with Crippen molar-refractivity contribution in [1.82, 2.24) is 5.43 Å². The number of benzene rings is 2. The van der Waals surface area contributed by atoms with Gasteiger partial charge in [0.2, 0.25) is 0 Å². The highest BCUT2D eigenvalue weighted by Gasteiger charge is 2.01. The van der Waals surface area contributed by atoms with Crippen LogP contribution in [0, 0.1) is 0 Å². The monoisotopic (exact) mass is 335 g/mol. The van der Waals surface area contributed by atoms with Crippen molar-refractivity contribution in [2.24, 2.45) is 5.10 Å². The number of hydrazone groups is 1. The Morgan fingerprint density at radius 2 is 2.14 bits per heavy atom. The van der Waals surface area contributed by atoms with E-state index in [2.05, 4.69) is 15.8 Å². The molecule has 0 bridgehead atoms. The second-order valence-electron chi connectivity index (χ2n) is 4.26. The number of nitrogens with zero attached hydrogens (tertiary/aromatic N) is 1. The van der Waals surface area contributed by atoms with Crippen LogP contribution < -0.4 is 15.5 Å². The van der Waals surface area contributed by atoms with Crippen LogP contribution in [-0.2, 0) is 0 Å². The third-order valence-corrected chi connectivity index (χ3v) is 3.12. The summed E-state index contributed by atoms with van der Waals surface area (Å²) in [5.74, 6) is 0.721. The Labute approximate surface area is 138 Å². The third kappa shape index (κ3) is 4.61. The third-order valence-electron chi connectivity index (χ3n) is 2.69. The van der Waals surface area contributed by atoms with Crippen molar-refractivity contribution in [3.63, 3.8) is 0 Å². The van der Waals surface area contributed by atoms with Gasteiger partial charge >= 0.3 is 0 Å². The van der Waals surface area contributed by atoms with E-state index in [9.17, 15) is 5.11 Å². The van der Waals surface area contributed by atoms with Crippen molar-refractivity contribution in [3.8, 4) is 11.5 Å². The Kier molecular flexibility index (Phi) is 5.57. The number of phenolic OH excluding ortho intramolecular Hbond substituents is 1. The van der Waals surface area contributed by atoms with Crippen molar-refractivity contribution < 1.29 is 9.84 Å². The molecule has 7 heteroatoms. The van der Waals surface area contributed by atoms with Gasteiger partial charge < -0.3 is 15.2 Å². The molecule has 0 aliphatic carbocycles. The molecule has 0 spiro atoms. The molecule has 2 aromatic carbocycles. The maximum absolute atomic E-state index is 9.72. The average molecular weight is 336 g/mol. The van der Waals surface area contributed by atoms with E-state index in [-0.39, 0.29) is 5.75 Å². The Balaban J connectivity index is 1.96. The predicted molar refractivity (Wildman–Crippen MR) is 93.1 cm³/mol. The van der Waals surface area contributed by atoms with Crippen molar-refractivity contribution in [1.29, 1.82) is 0 Å². The molecule has 0 amide bonds. The molecule has 0 radical (unpaired) electrons. The molecule has 114 valence electrons. The van der Waals surface area contributed by atoms with Crippen molar-refractivity contribution in [3.05, 3.63) is 53.1 Å². The minimum absolute atomic E-state index is 0.0973. The molecule has 3 N–H and O–H groups in total. The Morgan fingerprint density at radius 3 is 2.86 bits per heavy atom. The van der Waals surface area contributed by atoms with Crippen LogP contribution in [-0.4, -0.2) is 23.5 Å². The number of nitrogens with one attached hydrogen (secondary N) is 2. The number of phenols is 1. The average Bonchev–Trinajstić information content (AvgIpc) is 2.49. The number of ether oxygens (including phenoxy) is 1.